The number of nitriles is 2. The maximum Gasteiger partial charge on any atom is 0.135 e. The molecule has 6 heteroatoms. The van der Waals surface area contributed by atoms with Crippen molar-refractivity contribution in [3.63, 3.8) is 0 Å². The van der Waals surface area contributed by atoms with Crippen molar-refractivity contribution in [2.45, 2.75) is 17.0 Å². The molecule has 2 heterocycles. The Hall–Kier alpha value is -2.02. The molecule has 0 bridgehead atoms. The van der Waals surface area contributed by atoms with E-state index in [1.54, 1.807) is 0 Å². The number of benzene rings is 1. The number of fused-ring (bicyclic) bond motifs is 2. The predicted octanol–water partition coefficient (Wildman–Crippen LogP) is 3.39. The van der Waals surface area contributed by atoms with Crippen LogP contribution in [0.2, 0.25) is 0 Å². The van der Waals surface area contributed by atoms with Crippen LogP contribution in [0.5, 0.6) is 0 Å². The summed E-state index contributed by atoms with van der Waals surface area (Å²) in [4.78, 5) is 9.82. The molecule has 0 N–H and O–H groups in total. The number of thioether (sulfide) groups is 2. The smallest absolute Gasteiger partial charge is 0.135 e. The number of aryl methyl sites for hydroxylation is 1. The van der Waals surface area contributed by atoms with Crippen molar-refractivity contribution < 1.29 is 0 Å². The largest absolute Gasteiger partial charge is 0.237 e. The quantitative estimate of drug-likeness (QED) is 0.737. The second-order valence-electron chi connectivity index (χ2n) is 3.91. The Labute approximate surface area is 118 Å². The maximum absolute atomic E-state index is 9.03. The molecule has 4 nitrogen and oxygen atoms in total. The van der Waals surface area contributed by atoms with Gasteiger partial charge in [-0.15, -0.1) is 0 Å². The zero-order valence-electron chi connectivity index (χ0n) is 9.84. The fraction of sp³-hybridized carbons (Fsp3) is 0.0769. The Kier molecular flexibility index (Phi) is 2.90. The molecule has 1 aromatic heterocycles. The molecule has 3 rings (SSSR count). The Bertz CT molecular complexity index is 812. The zero-order chi connectivity index (χ0) is 13.4. The highest BCUT2D eigenvalue weighted by molar-refractivity contribution is 8.09. The predicted molar refractivity (Wildman–Crippen MR) is 74.2 cm³/mol. The lowest BCUT2D eigenvalue weighted by atomic mass is 10.2. The van der Waals surface area contributed by atoms with Gasteiger partial charge in [0.1, 0.15) is 32.0 Å². The number of aromatic nitrogens is 2. The number of rotatable bonds is 0. The lowest BCUT2D eigenvalue weighted by molar-refractivity contribution is 0.971. The van der Waals surface area contributed by atoms with Gasteiger partial charge in [0.15, 0.2) is 0 Å². The topological polar surface area (TPSA) is 73.4 Å². The highest BCUT2D eigenvalue weighted by atomic mass is 32.2. The van der Waals surface area contributed by atoms with Gasteiger partial charge in [-0.25, -0.2) is 9.97 Å². The van der Waals surface area contributed by atoms with Gasteiger partial charge in [-0.3, -0.25) is 0 Å². The third kappa shape index (κ3) is 2.06. The summed E-state index contributed by atoms with van der Waals surface area (Å²) in [5, 5.41) is 19.4. The molecule has 0 atom stereocenters. The molecular formula is C13H6N4S2. The van der Waals surface area contributed by atoms with Crippen LogP contribution >= 0.6 is 23.5 Å². The van der Waals surface area contributed by atoms with E-state index in [1.165, 1.54) is 23.5 Å². The molecule has 0 saturated heterocycles. The van der Waals surface area contributed by atoms with E-state index in [1.807, 2.05) is 37.3 Å². The van der Waals surface area contributed by atoms with Crippen molar-refractivity contribution in [2.75, 3.05) is 0 Å². The summed E-state index contributed by atoms with van der Waals surface area (Å²) < 4.78 is 0. The summed E-state index contributed by atoms with van der Waals surface area (Å²) in [7, 11) is 0. The van der Waals surface area contributed by atoms with Gasteiger partial charge in [0.05, 0.1) is 11.0 Å². The molecule has 0 unspecified atom stereocenters. The molecule has 19 heavy (non-hydrogen) atoms. The number of nitrogens with zero attached hydrogens (tertiary/aromatic N) is 4. The molecule has 1 aliphatic rings. The maximum atomic E-state index is 9.03. The van der Waals surface area contributed by atoms with Gasteiger partial charge in [-0.05, 0) is 24.6 Å². The molecule has 1 aromatic carbocycles. The van der Waals surface area contributed by atoms with E-state index in [-0.39, 0.29) is 0 Å². The average molecular weight is 282 g/mol. The molecule has 0 aliphatic carbocycles. The van der Waals surface area contributed by atoms with E-state index >= 15 is 0 Å². The molecule has 2 aromatic rings. The van der Waals surface area contributed by atoms with Gasteiger partial charge in [-0.1, -0.05) is 29.6 Å². The lowest BCUT2D eigenvalue weighted by Crippen LogP contribution is -1.97. The third-order valence-corrected chi connectivity index (χ3v) is 4.78. The minimum Gasteiger partial charge on any atom is -0.237 e. The van der Waals surface area contributed by atoms with Crippen LogP contribution in [-0.2, 0) is 0 Å². The van der Waals surface area contributed by atoms with E-state index in [4.69, 9.17) is 10.5 Å². The molecule has 1 aliphatic heterocycles. The van der Waals surface area contributed by atoms with Crippen LogP contribution in [0.4, 0.5) is 0 Å². The van der Waals surface area contributed by atoms with Crippen LogP contribution in [0.15, 0.2) is 38.1 Å². The van der Waals surface area contributed by atoms with Gasteiger partial charge in [0.25, 0.3) is 0 Å². The standard InChI is InChI=1S/C13H6N4S2/c1-7-2-3-8-9(4-7)17-13-12(16-8)18-10(5-14)11(6-15)19-13/h2-4H,1H3. The highest BCUT2D eigenvalue weighted by Crippen LogP contribution is 2.44. The van der Waals surface area contributed by atoms with E-state index in [9.17, 15) is 0 Å². The van der Waals surface area contributed by atoms with Gasteiger partial charge in [0, 0.05) is 0 Å². The first-order valence-corrected chi connectivity index (χ1v) is 7.03. The van der Waals surface area contributed by atoms with Gasteiger partial charge in [-0.2, -0.15) is 10.5 Å². The Morgan fingerprint density at radius 1 is 0.947 bits per heavy atom. The first-order valence-electron chi connectivity index (χ1n) is 5.40. The van der Waals surface area contributed by atoms with E-state index in [0.29, 0.717) is 19.9 Å². The first-order chi connectivity index (χ1) is 9.21. The summed E-state index contributed by atoms with van der Waals surface area (Å²) in [6.45, 7) is 2.00. The van der Waals surface area contributed by atoms with Crippen LogP contribution in [0.25, 0.3) is 11.0 Å². The molecule has 0 radical (unpaired) electrons. The van der Waals surface area contributed by atoms with Crippen molar-refractivity contribution in [1.82, 2.24) is 9.97 Å². The number of hydrogen-bond acceptors (Lipinski definition) is 6. The monoisotopic (exact) mass is 282 g/mol. The normalized spacial score (nSPS) is 13.8. The molecule has 0 fully saturated rings. The Balaban J connectivity index is 2.19. The third-order valence-electron chi connectivity index (χ3n) is 2.56. The van der Waals surface area contributed by atoms with Crippen molar-refractivity contribution in [3.8, 4) is 12.1 Å². The first kappa shape index (κ1) is 12.0. The fourth-order valence-electron chi connectivity index (χ4n) is 1.70. The molecule has 90 valence electrons. The van der Waals surface area contributed by atoms with E-state index in [2.05, 4.69) is 9.97 Å². The average Bonchev–Trinajstić information content (AvgIpc) is 2.43. The van der Waals surface area contributed by atoms with Crippen molar-refractivity contribution in [2.24, 2.45) is 0 Å². The molecule has 0 amide bonds. The molecule has 0 spiro atoms. The van der Waals surface area contributed by atoms with Crippen molar-refractivity contribution in [3.05, 3.63) is 33.6 Å². The minimum atomic E-state index is 0.390. The van der Waals surface area contributed by atoms with Gasteiger partial charge < -0.3 is 0 Å². The summed E-state index contributed by atoms with van der Waals surface area (Å²) in [5.74, 6) is 0. The van der Waals surface area contributed by atoms with Crippen molar-refractivity contribution >= 4 is 34.6 Å². The number of allylic oxidation sites excluding steroid dienone is 2. The van der Waals surface area contributed by atoms with Crippen LogP contribution in [0.1, 0.15) is 5.56 Å². The number of hydrogen-bond donors (Lipinski definition) is 0. The summed E-state index contributed by atoms with van der Waals surface area (Å²) in [6, 6.07) is 9.93. The van der Waals surface area contributed by atoms with Crippen molar-refractivity contribution in [1.29, 1.82) is 10.5 Å². The van der Waals surface area contributed by atoms with Crippen LogP contribution < -0.4 is 0 Å². The molecular weight excluding hydrogens is 276 g/mol. The van der Waals surface area contributed by atoms with Crippen LogP contribution in [0.3, 0.4) is 0 Å². The lowest BCUT2D eigenvalue weighted by Gasteiger charge is -2.13. The van der Waals surface area contributed by atoms with E-state index < -0.39 is 0 Å². The second-order valence-corrected chi connectivity index (χ2v) is 5.91. The minimum absolute atomic E-state index is 0.390. The molecule has 0 saturated carbocycles. The summed E-state index contributed by atoms with van der Waals surface area (Å²) in [6.07, 6.45) is 0. The second kappa shape index (κ2) is 4.58. The Morgan fingerprint density at radius 2 is 1.53 bits per heavy atom. The van der Waals surface area contributed by atoms with E-state index in [0.717, 1.165) is 16.6 Å². The summed E-state index contributed by atoms with van der Waals surface area (Å²) in [5.41, 5.74) is 2.73. The fourth-order valence-corrected chi connectivity index (χ4v) is 3.51. The van der Waals surface area contributed by atoms with Crippen LogP contribution in [-0.4, -0.2) is 9.97 Å². The SMILES string of the molecule is Cc1ccc2nc3c(nc2c1)SC(C#N)=C(C#N)S3. The highest BCUT2D eigenvalue weighted by Gasteiger charge is 2.23. The van der Waals surface area contributed by atoms with Gasteiger partial charge >= 0.3 is 0 Å². The van der Waals surface area contributed by atoms with Gasteiger partial charge in [0.2, 0.25) is 0 Å². The zero-order valence-corrected chi connectivity index (χ0v) is 11.5. The Morgan fingerprint density at radius 3 is 2.11 bits per heavy atom. The van der Waals surface area contributed by atoms with Crippen LogP contribution in [0, 0.1) is 29.6 Å². The summed E-state index contributed by atoms with van der Waals surface area (Å²) >= 11 is 2.42.